The van der Waals surface area contributed by atoms with Crippen LogP contribution in [0.1, 0.15) is 5.69 Å². The largest absolute Gasteiger partial charge is 0.493 e. The summed E-state index contributed by atoms with van der Waals surface area (Å²) in [6.07, 6.45) is 4.32. The summed E-state index contributed by atoms with van der Waals surface area (Å²) in [5.74, 6) is 1.63. The average Bonchev–Trinajstić information content (AvgIpc) is 2.40. The number of nitrogens with zero attached hydrogens (tertiary/aromatic N) is 2. The van der Waals surface area contributed by atoms with Crippen LogP contribution >= 0.6 is 0 Å². The molecule has 0 bridgehead atoms. The minimum Gasteiger partial charge on any atom is -0.493 e. The summed E-state index contributed by atoms with van der Waals surface area (Å²) in [7, 11) is 1.83. The molecule has 0 saturated carbocycles. The fourth-order valence-corrected chi connectivity index (χ4v) is 1.46. The molecule has 2 aromatic rings. The highest BCUT2D eigenvalue weighted by Gasteiger charge is 1.97. The highest BCUT2D eigenvalue weighted by atomic mass is 16.5. The molecule has 0 aliphatic carbocycles. The quantitative estimate of drug-likeness (QED) is 0.853. The molecule has 4 heteroatoms. The van der Waals surface area contributed by atoms with Gasteiger partial charge >= 0.3 is 0 Å². The van der Waals surface area contributed by atoms with Gasteiger partial charge in [0.2, 0.25) is 0 Å². The summed E-state index contributed by atoms with van der Waals surface area (Å²) in [6, 6.07) is 9.60. The molecule has 0 spiro atoms. The Balaban J connectivity index is 1.86. The molecule has 0 aliphatic heterocycles. The molecule has 88 valence electrons. The predicted molar refractivity (Wildman–Crippen MR) is 67.2 cm³/mol. The second-order valence-electron chi connectivity index (χ2n) is 3.55. The second-order valence-corrected chi connectivity index (χ2v) is 3.55. The fraction of sp³-hybridized carbons (Fsp3) is 0.231. The first kappa shape index (κ1) is 11.4. The average molecular weight is 229 g/mol. The standard InChI is InChI=1S/C13H15N3O/c1-14-13-10-12(5-8-16-13)17-9-6-11-4-2-3-7-15-11/h2-5,7-8,10H,6,9H2,1H3,(H,14,16). The molecule has 0 radical (unpaired) electrons. The van der Waals surface area contributed by atoms with Gasteiger partial charge in [0.25, 0.3) is 0 Å². The zero-order valence-electron chi connectivity index (χ0n) is 9.76. The highest BCUT2D eigenvalue weighted by molar-refractivity contribution is 5.39. The van der Waals surface area contributed by atoms with Gasteiger partial charge < -0.3 is 10.1 Å². The van der Waals surface area contributed by atoms with Crippen LogP contribution in [0, 0.1) is 0 Å². The Morgan fingerprint density at radius 3 is 2.88 bits per heavy atom. The Hall–Kier alpha value is -2.10. The smallest absolute Gasteiger partial charge is 0.129 e. The molecule has 2 rings (SSSR count). The zero-order chi connectivity index (χ0) is 11.9. The SMILES string of the molecule is CNc1cc(OCCc2ccccn2)ccn1. The molecule has 2 heterocycles. The molecule has 0 unspecified atom stereocenters. The van der Waals surface area contributed by atoms with E-state index in [-0.39, 0.29) is 0 Å². The topological polar surface area (TPSA) is 47.0 Å². The lowest BCUT2D eigenvalue weighted by atomic mass is 10.3. The van der Waals surface area contributed by atoms with Crippen LogP contribution in [0.15, 0.2) is 42.7 Å². The predicted octanol–water partition coefficient (Wildman–Crippen LogP) is 2.14. The van der Waals surface area contributed by atoms with E-state index < -0.39 is 0 Å². The Bertz CT molecular complexity index is 459. The Kier molecular flexibility index (Phi) is 3.91. The van der Waals surface area contributed by atoms with E-state index in [1.807, 2.05) is 37.4 Å². The molecule has 1 N–H and O–H groups in total. The minimum absolute atomic E-state index is 0.615. The van der Waals surface area contributed by atoms with Crippen LogP contribution < -0.4 is 10.1 Å². The Labute approximate surface area is 101 Å². The molecule has 0 aromatic carbocycles. The normalized spacial score (nSPS) is 9.94. The van der Waals surface area contributed by atoms with Gasteiger partial charge in [-0.3, -0.25) is 4.98 Å². The van der Waals surface area contributed by atoms with Gasteiger partial charge in [-0.2, -0.15) is 0 Å². The maximum absolute atomic E-state index is 5.63. The van der Waals surface area contributed by atoms with Crippen LogP contribution in [0.3, 0.4) is 0 Å². The zero-order valence-corrected chi connectivity index (χ0v) is 9.76. The van der Waals surface area contributed by atoms with E-state index in [4.69, 9.17) is 4.74 Å². The van der Waals surface area contributed by atoms with Crippen LogP contribution in [0.5, 0.6) is 5.75 Å². The van der Waals surface area contributed by atoms with Crippen LogP contribution in [0.4, 0.5) is 5.82 Å². The monoisotopic (exact) mass is 229 g/mol. The third-order valence-electron chi connectivity index (χ3n) is 2.34. The van der Waals surface area contributed by atoms with Crippen LogP contribution in [0.2, 0.25) is 0 Å². The van der Waals surface area contributed by atoms with Crippen LogP contribution in [-0.2, 0) is 6.42 Å². The van der Waals surface area contributed by atoms with Crippen molar-refractivity contribution in [3.63, 3.8) is 0 Å². The van der Waals surface area contributed by atoms with Crippen molar-refractivity contribution in [2.24, 2.45) is 0 Å². The molecule has 0 aliphatic rings. The van der Waals surface area contributed by atoms with E-state index in [0.29, 0.717) is 6.61 Å². The number of rotatable bonds is 5. The fourth-order valence-electron chi connectivity index (χ4n) is 1.46. The summed E-state index contributed by atoms with van der Waals surface area (Å²) in [5.41, 5.74) is 1.04. The van der Waals surface area contributed by atoms with E-state index in [1.54, 1.807) is 12.4 Å². The molecule has 4 nitrogen and oxygen atoms in total. The summed E-state index contributed by atoms with van der Waals surface area (Å²) in [4.78, 5) is 8.36. The molecule has 0 saturated heterocycles. The maximum atomic E-state index is 5.63. The van der Waals surface area contributed by atoms with Gasteiger partial charge in [-0.15, -0.1) is 0 Å². The van der Waals surface area contributed by atoms with Crippen LogP contribution in [-0.4, -0.2) is 23.6 Å². The number of ether oxygens (including phenoxy) is 1. The van der Waals surface area contributed by atoms with Gasteiger partial charge in [-0.05, 0) is 18.2 Å². The summed E-state index contributed by atoms with van der Waals surface area (Å²) < 4.78 is 5.63. The number of hydrogen-bond acceptors (Lipinski definition) is 4. The number of anilines is 1. The first-order valence-electron chi connectivity index (χ1n) is 5.55. The summed E-state index contributed by atoms with van der Waals surface area (Å²) >= 11 is 0. The van der Waals surface area contributed by atoms with E-state index in [2.05, 4.69) is 15.3 Å². The minimum atomic E-state index is 0.615. The third-order valence-corrected chi connectivity index (χ3v) is 2.34. The number of hydrogen-bond donors (Lipinski definition) is 1. The van der Waals surface area contributed by atoms with Crippen molar-refractivity contribution in [3.05, 3.63) is 48.4 Å². The molecule has 2 aromatic heterocycles. The number of aromatic nitrogens is 2. The van der Waals surface area contributed by atoms with Crippen molar-refractivity contribution in [1.29, 1.82) is 0 Å². The first-order chi connectivity index (χ1) is 8.38. The Morgan fingerprint density at radius 1 is 1.18 bits per heavy atom. The molecular formula is C13H15N3O. The molecule has 0 amide bonds. The molecule has 0 fully saturated rings. The van der Waals surface area contributed by atoms with E-state index >= 15 is 0 Å². The lowest BCUT2D eigenvalue weighted by Crippen LogP contribution is -2.03. The summed E-state index contributed by atoms with van der Waals surface area (Å²) in [6.45, 7) is 0.615. The number of pyridine rings is 2. The van der Waals surface area contributed by atoms with Crippen molar-refractivity contribution < 1.29 is 4.74 Å². The van der Waals surface area contributed by atoms with Gasteiger partial charge in [0.1, 0.15) is 11.6 Å². The van der Waals surface area contributed by atoms with Crippen molar-refractivity contribution in [2.45, 2.75) is 6.42 Å². The second kappa shape index (κ2) is 5.84. The van der Waals surface area contributed by atoms with Gasteiger partial charge in [0.05, 0.1) is 6.61 Å². The van der Waals surface area contributed by atoms with E-state index in [9.17, 15) is 0 Å². The van der Waals surface area contributed by atoms with Gasteiger partial charge in [-0.25, -0.2) is 4.98 Å². The highest BCUT2D eigenvalue weighted by Crippen LogP contribution is 2.14. The lowest BCUT2D eigenvalue weighted by Gasteiger charge is -2.06. The molecule has 0 atom stereocenters. The summed E-state index contributed by atoms with van der Waals surface area (Å²) in [5, 5.41) is 2.97. The number of nitrogens with one attached hydrogen (secondary N) is 1. The Morgan fingerprint density at radius 2 is 2.12 bits per heavy atom. The maximum Gasteiger partial charge on any atom is 0.129 e. The van der Waals surface area contributed by atoms with Gasteiger partial charge in [0, 0.05) is 37.6 Å². The van der Waals surface area contributed by atoms with Gasteiger partial charge in [-0.1, -0.05) is 6.07 Å². The molecular weight excluding hydrogens is 214 g/mol. The first-order valence-corrected chi connectivity index (χ1v) is 5.55. The van der Waals surface area contributed by atoms with Crippen molar-refractivity contribution in [2.75, 3.05) is 19.0 Å². The molecule has 17 heavy (non-hydrogen) atoms. The van der Waals surface area contributed by atoms with Crippen molar-refractivity contribution >= 4 is 5.82 Å². The van der Waals surface area contributed by atoms with Crippen molar-refractivity contribution in [3.8, 4) is 5.75 Å². The third kappa shape index (κ3) is 3.45. The van der Waals surface area contributed by atoms with E-state index in [0.717, 1.165) is 23.7 Å². The van der Waals surface area contributed by atoms with Crippen LogP contribution in [0.25, 0.3) is 0 Å². The van der Waals surface area contributed by atoms with Crippen molar-refractivity contribution in [1.82, 2.24) is 9.97 Å². The lowest BCUT2D eigenvalue weighted by molar-refractivity contribution is 0.320. The van der Waals surface area contributed by atoms with Gasteiger partial charge in [0.15, 0.2) is 0 Å². The van der Waals surface area contributed by atoms with E-state index in [1.165, 1.54) is 0 Å².